The standard InChI is InChI=1S/C18H12F3N5O2S/c19-18(20,21)13-9-5-4-8-12(13)10-22-24-15(28)14(27)23-17-26-25-16(29-17)11-6-2-1-3-7-11/h1-10H,(H,24,28)(H,23,26,27)/b22-10+. The van der Waals surface area contributed by atoms with Crippen molar-refractivity contribution in [3.05, 3.63) is 65.7 Å². The molecule has 7 nitrogen and oxygen atoms in total. The maximum absolute atomic E-state index is 12.9. The summed E-state index contributed by atoms with van der Waals surface area (Å²) in [7, 11) is 0. The van der Waals surface area contributed by atoms with Gasteiger partial charge in [-0.3, -0.25) is 14.9 Å². The van der Waals surface area contributed by atoms with E-state index in [9.17, 15) is 22.8 Å². The summed E-state index contributed by atoms with van der Waals surface area (Å²) in [5.41, 5.74) is 1.51. The lowest BCUT2D eigenvalue weighted by atomic mass is 10.1. The van der Waals surface area contributed by atoms with Crippen LogP contribution in [0.1, 0.15) is 11.1 Å². The summed E-state index contributed by atoms with van der Waals surface area (Å²) in [4.78, 5) is 23.7. The Balaban J connectivity index is 1.60. The minimum absolute atomic E-state index is 0.0930. The monoisotopic (exact) mass is 419 g/mol. The molecule has 0 bridgehead atoms. The predicted octanol–water partition coefficient (Wildman–Crippen LogP) is 3.31. The molecule has 2 amide bonds. The molecule has 1 heterocycles. The van der Waals surface area contributed by atoms with Crippen molar-refractivity contribution in [3.8, 4) is 10.6 Å². The van der Waals surface area contributed by atoms with Crippen LogP contribution in [0.4, 0.5) is 18.3 Å². The fourth-order valence-electron chi connectivity index (χ4n) is 2.20. The molecule has 11 heteroatoms. The minimum Gasteiger partial charge on any atom is -0.292 e. The van der Waals surface area contributed by atoms with Crippen molar-refractivity contribution in [3.63, 3.8) is 0 Å². The van der Waals surface area contributed by atoms with E-state index in [0.29, 0.717) is 5.01 Å². The quantitative estimate of drug-likeness (QED) is 0.385. The summed E-state index contributed by atoms with van der Waals surface area (Å²) in [5.74, 6) is -2.25. The number of hydrazone groups is 1. The van der Waals surface area contributed by atoms with Gasteiger partial charge in [-0.1, -0.05) is 59.9 Å². The number of hydrogen-bond donors (Lipinski definition) is 2. The molecule has 0 fully saturated rings. The van der Waals surface area contributed by atoms with Gasteiger partial charge in [0, 0.05) is 11.1 Å². The molecule has 0 atom stereocenters. The largest absolute Gasteiger partial charge is 0.417 e. The fourth-order valence-corrected chi connectivity index (χ4v) is 2.95. The minimum atomic E-state index is -4.57. The third kappa shape index (κ3) is 5.23. The van der Waals surface area contributed by atoms with E-state index in [2.05, 4.69) is 20.6 Å². The number of nitrogens with zero attached hydrogens (tertiary/aromatic N) is 3. The molecule has 0 aliphatic carbocycles. The molecular weight excluding hydrogens is 407 g/mol. The van der Waals surface area contributed by atoms with Gasteiger partial charge in [-0.25, -0.2) is 5.43 Å². The summed E-state index contributed by atoms with van der Waals surface area (Å²) in [6.07, 6.45) is -3.76. The molecular formula is C18H12F3N5O2S. The number of halogens is 3. The molecule has 3 rings (SSSR count). The molecule has 0 aliphatic heterocycles. The van der Waals surface area contributed by atoms with E-state index < -0.39 is 23.6 Å². The van der Waals surface area contributed by atoms with Crippen LogP contribution in [0.3, 0.4) is 0 Å². The third-order valence-corrected chi connectivity index (χ3v) is 4.40. The lowest BCUT2D eigenvalue weighted by Crippen LogP contribution is -2.32. The molecule has 0 unspecified atom stereocenters. The van der Waals surface area contributed by atoms with E-state index in [1.165, 1.54) is 18.2 Å². The number of aromatic nitrogens is 2. The molecule has 0 saturated heterocycles. The van der Waals surface area contributed by atoms with Crippen LogP contribution in [0.25, 0.3) is 10.6 Å². The van der Waals surface area contributed by atoms with Crippen molar-refractivity contribution in [1.82, 2.24) is 15.6 Å². The van der Waals surface area contributed by atoms with Gasteiger partial charge in [0.25, 0.3) is 0 Å². The molecule has 0 radical (unpaired) electrons. The molecule has 148 valence electrons. The van der Waals surface area contributed by atoms with Crippen LogP contribution < -0.4 is 10.7 Å². The Morgan fingerprint density at radius 1 is 0.966 bits per heavy atom. The second kappa shape index (κ2) is 8.61. The first-order valence-corrected chi connectivity index (χ1v) is 8.86. The lowest BCUT2D eigenvalue weighted by Gasteiger charge is -2.09. The van der Waals surface area contributed by atoms with Gasteiger partial charge in [0.05, 0.1) is 11.8 Å². The van der Waals surface area contributed by atoms with E-state index in [4.69, 9.17) is 0 Å². The smallest absolute Gasteiger partial charge is 0.292 e. The zero-order valence-electron chi connectivity index (χ0n) is 14.5. The number of benzene rings is 2. The van der Waals surface area contributed by atoms with Crippen LogP contribution in [-0.4, -0.2) is 28.2 Å². The first kappa shape index (κ1) is 20.1. The Hall–Kier alpha value is -3.60. The summed E-state index contributed by atoms with van der Waals surface area (Å²) in [6.45, 7) is 0. The van der Waals surface area contributed by atoms with E-state index in [1.54, 1.807) is 0 Å². The number of carbonyl (C=O) groups is 2. The van der Waals surface area contributed by atoms with E-state index in [-0.39, 0.29) is 10.7 Å². The molecule has 3 aromatic rings. The van der Waals surface area contributed by atoms with E-state index in [1.807, 2.05) is 35.8 Å². The molecule has 2 aromatic carbocycles. The Bertz CT molecular complexity index is 1050. The molecule has 0 saturated carbocycles. The molecule has 29 heavy (non-hydrogen) atoms. The summed E-state index contributed by atoms with van der Waals surface area (Å²) in [6, 6.07) is 13.8. The van der Waals surface area contributed by atoms with Gasteiger partial charge in [0.15, 0.2) is 0 Å². The van der Waals surface area contributed by atoms with E-state index >= 15 is 0 Å². The summed E-state index contributed by atoms with van der Waals surface area (Å²) < 4.78 is 38.7. The lowest BCUT2D eigenvalue weighted by molar-refractivity contribution is -0.137. The highest BCUT2D eigenvalue weighted by molar-refractivity contribution is 7.18. The maximum atomic E-state index is 12.9. The van der Waals surface area contributed by atoms with Gasteiger partial charge in [-0.15, -0.1) is 10.2 Å². The fraction of sp³-hybridized carbons (Fsp3) is 0.0556. The normalized spacial score (nSPS) is 11.4. The van der Waals surface area contributed by atoms with Crippen molar-refractivity contribution in [1.29, 1.82) is 0 Å². The van der Waals surface area contributed by atoms with Crippen LogP contribution in [-0.2, 0) is 15.8 Å². The van der Waals surface area contributed by atoms with E-state index in [0.717, 1.165) is 29.2 Å². The SMILES string of the molecule is O=C(N/N=C/c1ccccc1C(F)(F)F)C(=O)Nc1nnc(-c2ccccc2)s1. The van der Waals surface area contributed by atoms with Crippen molar-refractivity contribution >= 4 is 34.5 Å². The molecule has 0 aliphatic rings. The third-order valence-electron chi connectivity index (χ3n) is 3.51. The van der Waals surface area contributed by atoms with Gasteiger partial charge in [-0.2, -0.15) is 18.3 Å². The molecule has 0 spiro atoms. The highest BCUT2D eigenvalue weighted by Gasteiger charge is 2.32. The topological polar surface area (TPSA) is 96.3 Å². The van der Waals surface area contributed by atoms with Crippen LogP contribution in [0.15, 0.2) is 59.7 Å². The number of alkyl halides is 3. The highest BCUT2D eigenvalue weighted by atomic mass is 32.1. The van der Waals surface area contributed by atoms with Crippen molar-refractivity contribution in [2.45, 2.75) is 6.18 Å². The van der Waals surface area contributed by atoms with Crippen molar-refractivity contribution in [2.75, 3.05) is 5.32 Å². The average molecular weight is 419 g/mol. The van der Waals surface area contributed by atoms with Gasteiger partial charge in [0.2, 0.25) is 5.13 Å². The first-order valence-electron chi connectivity index (χ1n) is 8.04. The number of carbonyl (C=O) groups excluding carboxylic acids is 2. The average Bonchev–Trinajstić information content (AvgIpc) is 3.16. The van der Waals surface area contributed by atoms with Crippen LogP contribution in [0.2, 0.25) is 0 Å². The highest BCUT2D eigenvalue weighted by Crippen LogP contribution is 2.31. The number of amides is 2. The predicted molar refractivity (Wildman–Crippen MR) is 101 cm³/mol. The van der Waals surface area contributed by atoms with Gasteiger partial charge in [-0.05, 0) is 6.07 Å². The summed E-state index contributed by atoms with van der Waals surface area (Å²) >= 11 is 1.06. The van der Waals surface area contributed by atoms with Gasteiger partial charge >= 0.3 is 18.0 Å². The Labute approximate surface area is 166 Å². The maximum Gasteiger partial charge on any atom is 0.417 e. The van der Waals surface area contributed by atoms with Crippen LogP contribution >= 0.6 is 11.3 Å². The number of anilines is 1. The van der Waals surface area contributed by atoms with Crippen LogP contribution in [0.5, 0.6) is 0 Å². The van der Waals surface area contributed by atoms with Crippen molar-refractivity contribution < 1.29 is 22.8 Å². The Morgan fingerprint density at radius 3 is 2.38 bits per heavy atom. The second-order valence-corrected chi connectivity index (χ2v) is 6.49. The Morgan fingerprint density at radius 2 is 1.66 bits per heavy atom. The number of hydrogen-bond acceptors (Lipinski definition) is 6. The number of rotatable bonds is 4. The van der Waals surface area contributed by atoms with Crippen molar-refractivity contribution in [2.24, 2.45) is 5.10 Å². The van der Waals surface area contributed by atoms with Gasteiger partial charge in [0.1, 0.15) is 5.01 Å². The zero-order valence-corrected chi connectivity index (χ0v) is 15.3. The molecule has 2 N–H and O–H groups in total. The first-order chi connectivity index (χ1) is 13.8. The second-order valence-electron chi connectivity index (χ2n) is 5.52. The zero-order chi connectivity index (χ0) is 20.9. The molecule has 1 aromatic heterocycles. The van der Waals surface area contributed by atoms with Crippen LogP contribution in [0, 0.1) is 0 Å². The summed E-state index contributed by atoms with van der Waals surface area (Å²) in [5, 5.41) is 14.0. The number of nitrogens with one attached hydrogen (secondary N) is 2. The Kier molecular flexibility index (Phi) is 5.98. The van der Waals surface area contributed by atoms with Gasteiger partial charge < -0.3 is 0 Å².